The van der Waals surface area contributed by atoms with E-state index in [0.717, 1.165) is 11.4 Å². The monoisotopic (exact) mass is 585 g/mol. The average Bonchev–Trinajstić information content (AvgIpc) is 3.14. The van der Waals surface area contributed by atoms with Gasteiger partial charge in [-0.2, -0.15) is 0 Å². The molecule has 0 saturated carbocycles. The van der Waals surface area contributed by atoms with E-state index in [4.69, 9.17) is 0 Å². The minimum absolute atomic E-state index is 0.556. The Morgan fingerprint density at radius 1 is 0.348 bits per heavy atom. The number of fused-ring (bicyclic) bond motifs is 4. The lowest BCUT2D eigenvalue weighted by Crippen LogP contribution is -2.35. The first-order valence-electron chi connectivity index (χ1n) is 15.9. The molecule has 0 fully saturated rings. The van der Waals surface area contributed by atoms with Crippen LogP contribution in [0.4, 0.5) is 11.4 Å². The third-order valence-corrected chi connectivity index (χ3v) is 9.73. The van der Waals surface area contributed by atoms with Crippen molar-refractivity contribution in [3.63, 3.8) is 0 Å². The van der Waals surface area contributed by atoms with Crippen molar-refractivity contribution in [3.8, 4) is 22.3 Å². The molecule has 1 aliphatic rings. The fourth-order valence-electron chi connectivity index (χ4n) is 7.67. The fourth-order valence-corrected chi connectivity index (χ4v) is 7.67. The van der Waals surface area contributed by atoms with E-state index in [1.807, 2.05) is 0 Å². The highest BCUT2D eigenvalue weighted by atomic mass is 14.9. The van der Waals surface area contributed by atoms with Crippen molar-refractivity contribution in [2.45, 2.75) is 5.41 Å². The van der Waals surface area contributed by atoms with Gasteiger partial charge in [0.15, 0.2) is 0 Å². The van der Waals surface area contributed by atoms with Crippen molar-refractivity contribution in [1.82, 2.24) is 0 Å². The van der Waals surface area contributed by atoms with Crippen LogP contribution in [0.1, 0.15) is 22.3 Å². The van der Waals surface area contributed by atoms with E-state index >= 15 is 0 Å². The van der Waals surface area contributed by atoms with Crippen LogP contribution in [0.2, 0.25) is 0 Å². The topological polar surface area (TPSA) is 12.0 Å². The Morgan fingerprint density at radius 2 is 0.761 bits per heavy atom. The van der Waals surface area contributed by atoms with Crippen molar-refractivity contribution >= 4 is 32.9 Å². The van der Waals surface area contributed by atoms with Gasteiger partial charge in [-0.3, -0.25) is 0 Å². The lowest BCUT2D eigenvalue weighted by molar-refractivity contribution is 0.741. The van der Waals surface area contributed by atoms with Crippen LogP contribution in [0.25, 0.3) is 43.8 Å². The van der Waals surface area contributed by atoms with Crippen LogP contribution in [0.15, 0.2) is 182 Å². The minimum Gasteiger partial charge on any atom is -0.355 e. The SMILES string of the molecule is c1ccc(C2(c3ccccc3)c3cc(-c4cccc5ccccc45)ccc3Nc3ccc(-c4cccc5ccccc45)cc32)cc1. The zero-order chi connectivity index (χ0) is 30.5. The molecule has 1 N–H and O–H groups in total. The van der Waals surface area contributed by atoms with Crippen LogP contribution in [0, 0.1) is 0 Å². The standard InChI is InChI=1S/C45H31N/c1-3-17-35(18-4-1)45(36-19-5-2-6-20-36)41-29-33(39-23-11-15-31-13-7-9-21-37(31)39)25-27-43(41)46-44-28-26-34(30-42(44)45)40-24-12-16-32-14-8-10-22-38(32)40/h1-30,46H. The predicted octanol–water partition coefficient (Wildman–Crippen LogP) is 11.8. The minimum atomic E-state index is -0.556. The van der Waals surface area contributed by atoms with E-state index in [9.17, 15) is 0 Å². The van der Waals surface area contributed by atoms with E-state index in [0.29, 0.717) is 0 Å². The molecule has 0 amide bonds. The Bertz CT molecular complexity index is 2210. The highest BCUT2D eigenvalue weighted by Crippen LogP contribution is 2.55. The largest absolute Gasteiger partial charge is 0.355 e. The van der Waals surface area contributed by atoms with Crippen molar-refractivity contribution in [1.29, 1.82) is 0 Å². The van der Waals surface area contributed by atoms with Gasteiger partial charge in [-0.15, -0.1) is 0 Å². The van der Waals surface area contributed by atoms with Crippen molar-refractivity contribution in [2.75, 3.05) is 5.32 Å². The van der Waals surface area contributed by atoms with E-state index in [-0.39, 0.29) is 0 Å². The van der Waals surface area contributed by atoms with Crippen LogP contribution in [-0.2, 0) is 5.41 Å². The first-order valence-corrected chi connectivity index (χ1v) is 15.9. The molecular weight excluding hydrogens is 555 g/mol. The molecule has 0 atom stereocenters. The Morgan fingerprint density at radius 3 is 1.24 bits per heavy atom. The summed E-state index contributed by atoms with van der Waals surface area (Å²) in [7, 11) is 0. The quantitative estimate of drug-likeness (QED) is 0.217. The lowest BCUT2D eigenvalue weighted by Gasteiger charge is -2.43. The highest BCUT2D eigenvalue weighted by Gasteiger charge is 2.44. The Hall–Kier alpha value is -5.92. The average molecular weight is 586 g/mol. The summed E-state index contributed by atoms with van der Waals surface area (Å²) in [6, 6.07) is 66.6. The first kappa shape index (κ1) is 26.5. The van der Waals surface area contributed by atoms with Crippen LogP contribution in [-0.4, -0.2) is 0 Å². The number of hydrogen-bond acceptors (Lipinski definition) is 1. The Kier molecular flexibility index (Phi) is 6.11. The Balaban J connectivity index is 1.37. The van der Waals surface area contributed by atoms with Crippen molar-refractivity contribution < 1.29 is 0 Å². The highest BCUT2D eigenvalue weighted by molar-refractivity contribution is 5.99. The van der Waals surface area contributed by atoms with Crippen LogP contribution in [0.3, 0.4) is 0 Å². The molecule has 0 bridgehead atoms. The number of anilines is 2. The normalized spacial score (nSPS) is 13.1. The van der Waals surface area contributed by atoms with Gasteiger partial charge in [0, 0.05) is 11.4 Å². The molecule has 46 heavy (non-hydrogen) atoms. The van der Waals surface area contributed by atoms with Crippen LogP contribution >= 0.6 is 0 Å². The molecule has 0 spiro atoms. The molecule has 0 radical (unpaired) electrons. The van der Waals surface area contributed by atoms with Gasteiger partial charge in [-0.25, -0.2) is 0 Å². The summed E-state index contributed by atoms with van der Waals surface area (Å²) in [5.41, 5.74) is 11.6. The summed E-state index contributed by atoms with van der Waals surface area (Å²) in [5, 5.41) is 8.89. The summed E-state index contributed by atoms with van der Waals surface area (Å²) >= 11 is 0. The van der Waals surface area contributed by atoms with Crippen molar-refractivity contribution in [3.05, 3.63) is 204 Å². The van der Waals surface area contributed by atoms with E-state index in [1.54, 1.807) is 0 Å². The molecule has 1 aliphatic heterocycles. The van der Waals surface area contributed by atoms with Gasteiger partial charge in [0.1, 0.15) is 0 Å². The smallest absolute Gasteiger partial charge is 0.0742 e. The fraction of sp³-hybridized carbons (Fsp3) is 0.0222. The lowest BCUT2D eigenvalue weighted by atomic mass is 9.62. The predicted molar refractivity (Wildman–Crippen MR) is 194 cm³/mol. The second-order valence-corrected chi connectivity index (χ2v) is 12.2. The maximum atomic E-state index is 3.87. The Labute approximate surface area is 269 Å². The molecular formula is C45H31N. The molecule has 0 aromatic heterocycles. The van der Waals surface area contributed by atoms with Crippen LogP contribution < -0.4 is 5.32 Å². The van der Waals surface area contributed by atoms with Gasteiger partial charge in [-0.05, 0) is 90.3 Å². The third kappa shape index (κ3) is 4.02. The molecule has 9 rings (SSSR count). The molecule has 0 saturated heterocycles. The summed E-state index contributed by atoms with van der Waals surface area (Å²) in [4.78, 5) is 0. The second-order valence-electron chi connectivity index (χ2n) is 12.2. The van der Waals surface area contributed by atoms with Gasteiger partial charge < -0.3 is 5.32 Å². The van der Waals surface area contributed by atoms with E-state index < -0.39 is 5.41 Å². The van der Waals surface area contributed by atoms with Gasteiger partial charge in [0.2, 0.25) is 0 Å². The molecule has 1 nitrogen and oxygen atoms in total. The molecule has 0 unspecified atom stereocenters. The van der Waals surface area contributed by atoms with Gasteiger partial charge in [-0.1, -0.05) is 158 Å². The molecule has 8 aromatic rings. The maximum Gasteiger partial charge on any atom is 0.0742 e. The number of nitrogens with one attached hydrogen (secondary N) is 1. The summed E-state index contributed by atoms with van der Waals surface area (Å²) in [5.74, 6) is 0. The zero-order valence-corrected chi connectivity index (χ0v) is 25.3. The van der Waals surface area contributed by atoms with Gasteiger partial charge >= 0.3 is 0 Å². The first-order chi connectivity index (χ1) is 22.8. The third-order valence-electron chi connectivity index (χ3n) is 9.73. The zero-order valence-electron chi connectivity index (χ0n) is 25.3. The van der Waals surface area contributed by atoms with E-state index in [1.165, 1.54) is 66.1 Å². The number of hydrogen-bond donors (Lipinski definition) is 1. The molecule has 0 aliphatic carbocycles. The summed E-state index contributed by atoms with van der Waals surface area (Å²) in [6.07, 6.45) is 0. The van der Waals surface area contributed by atoms with Crippen molar-refractivity contribution in [2.24, 2.45) is 0 Å². The van der Waals surface area contributed by atoms with Gasteiger partial charge in [0.25, 0.3) is 0 Å². The molecule has 8 aromatic carbocycles. The van der Waals surface area contributed by atoms with Crippen LogP contribution in [0.5, 0.6) is 0 Å². The summed E-state index contributed by atoms with van der Waals surface area (Å²) in [6.45, 7) is 0. The van der Waals surface area contributed by atoms with E-state index in [2.05, 4.69) is 187 Å². The number of rotatable bonds is 4. The molecule has 216 valence electrons. The summed E-state index contributed by atoms with van der Waals surface area (Å²) < 4.78 is 0. The molecule has 1 heterocycles. The molecule has 1 heteroatoms. The maximum absolute atomic E-state index is 3.87. The second kappa shape index (κ2) is 10.6. The van der Waals surface area contributed by atoms with Gasteiger partial charge in [0.05, 0.1) is 5.41 Å². The number of benzene rings is 8.